The molecule has 0 aliphatic heterocycles. The van der Waals surface area contributed by atoms with Crippen LogP contribution in [0.25, 0.3) is 10.9 Å². The van der Waals surface area contributed by atoms with Crippen LogP contribution in [0.2, 0.25) is 0 Å². The molecule has 5 nitrogen and oxygen atoms in total. The Hall–Kier alpha value is -2.92. The van der Waals surface area contributed by atoms with Crippen molar-refractivity contribution in [1.82, 2.24) is 15.6 Å². The van der Waals surface area contributed by atoms with Crippen molar-refractivity contribution in [3.63, 3.8) is 0 Å². The molecular weight excluding hydrogens is 314 g/mol. The molecule has 3 N–H and O–H groups in total. The highest BCUT2D eigenvalue weighted by atomic mass is 16.3. The molecule has 1 unspecified atom stereocenters. The van der Waals surface area contributed by atoms with Gasteiger partial charge in [0.25, 0.3) is 0 Å². The maximum absolute atomic E-state index is 12.2. The summed E-state index contributed by atoms with van der Waals surface area (Å²) in [7, 11) is 0. The van der Waals surface area contributed by atoms with Crippen molar-refractivity contribution in [3.8, 4) is 0 Å². The van der Waals surface area contributed by atoms with Gasteiger partial charge in [0.05, 0.1) is 18.2 Å². The van der Waals surface area contributed by atoms with Gasteiger partial charge < -0.3 is 15.7 Å². The summed E-state index contributed by atoms with van der Waals surface area (Å²) in [5.74, 6) is 0. The minimum Gasteiger partial charge on any atom is -0.394 e. The van der Waals surface area contributed by atoms with E-state index in [2.05, 4.69) is 15.6 Å². The van der Waals surface area contributed by atoms with E-state index >= 15 is 0 Å². The number of rotatable bonds is 6. The van der Waals surface area contributed by atoms with Crippen LogP contribution in [-0.4, -0.2) is 28.8 Å². The lowest BCUT2D eigenvalue weighted by Crippen LogP contribution is -2.44. The molecule has 0 radical (unpaired) electrons. The minimum atomic E-state index is -0.326. The number of nitrogens with one attached hydrogen (secondary N) is 2. The summed E-state index contributed by atoms with van der Waals surface area (Å²) in [6.07, 6.45) is 2.33. The van der Waals surface area contributed by atoms with Gasteiger partial charge in [-0.15, -0.1) is 0 Å². The van der Waals surface area contributed by atoms with Gasteiger partial charge in [-0.1, -0.05) is 54.6 Å². The quantitative estimate of drug-likeness (QED) is 0.648. The van der Waals surface area contributed by atoms with Gasteiger partial charge in [-0.3, -0.25) is 4.98 Å². The number of amides is 2. The maximum atomic E-state index is 12.2. The van der Waals surface area contributed by atoms with Crippen molar-refractivity contribution in [2.45, 2.75) is 19.0 Å². The molecule has 1 heterocycles. The fourth-order valence-corrected chi connectivity index (χ4v) is 2.78. The zero-order valence-corrected chi connectivity index (χ0v) is 13.9. The number of fused-ring (bicyclic) bond motifs is 1. The number of nitrogens with zero attached hydrogens (tertiary/aromatic N) is 1. The number of aromatic nitrogens is 1. The molecule has 3 aromatic rings. The van der Waals surface area contributed by atoms with E-state index in [1.807, 2.05) is 60.7 Å². The monoisotopic (exact) mass is 335 g/mol. The number of carbonyl (C=O) groups excluding carboxylic acids is 1. The number of pyridine rings is 1. The second kappa shape index (κ2) is 8.26. The number of aliphatic hydroxyl groups is 1. The van der Waals surface area contributed by atoms with Gasteiger partial charge in [-0.25, -0.2) is 4.79 Å². The lowest BCUT2D eigenvalue weighted by Gasteiger charge is -2.17. The standard InChI is InChI=1S/C20H21N3O2/c24-14-18(12-15-6-2-1-3-7-15)23-20(25)22-13-17-9-4-8-16-10-5-11-21-19(16)17/h1-11,18,24H,12-14H2,(H2,22,23,25). The number of hydrogen-bond donors (Lipinski definition) is 3. The van der Waals surface area contributed by atoms with E-state index in [1.54, 1.807) is 6.20 Å². The first-order valence-corrected chi connectivity index (χ1v) is 8.28. The normalized spacial score (nSPS) is 11.9. The average Bonchev–Trinajstić information content (AvgIpc) is 2.66. The van der Waals surface area contributed by atoms with Crippen LogP contribution in [0.3, 0.4) is 0 Å². The van der Waals surface area contributed by atoms with Crippen molar-refractivity contribution in [2.24, 2.45) is 0 Å². The molecule has 0 aliphatic rings. The predicted octanol–water partition coefficient (Wildman–Crippen LogP) is 2.64. The third kappa shape index (κ3) is 4.55. The fraction of sp³-hybridized carbons (Fsp3) is 0.200. The highest BCUT2D eigenvalue weighted by molar-refractivity contribution is 5.82. The van der Waals surface area contributed by atoms with E-state index in [9.17, 15) is 9.90 Å². The van der Waals surface area contributed by atoms with Crippen molar-refractivity contribution in [3.05, 3.63) is 78.0 Å². The van der Waals surface area contributed by atoms with Crippen LogP contribution < -0.4 is 10.6 Å². The van der Waals surface area contributed by atoms with Crippen LogP contribution in [0.15, 0.2) is 66.9 Å². The Morgan fingerprint density at radius 2 is 1.84 bits per heavy atom. The van der Waals surface area contributed by atoms with Crippen LogP contribution in [-0.2, 0) is 13.0 Å². The van der Waals surface area contributed by atoms with E-state index in [0.29, 0.717) is 13.0 Å². The van der Waals surface area contributed by atoms with Gasteiger partial charge in [-0.2, -0.15) is 0 Å². The number of hydrogen-bond acceptors (Lipinski definition) is 3. The second-order valence-corrected chi connectivity index (χ2v) is 5.89. The predicted molar refractivity (Wildman–Crippen MR) is 98.1 cm³/mol. The molecule has 3 rings (SSSR count). The summed E-state index contributed by atoms with van der Waals surface area (Å²) < 4.78 is 0. The Morgan fingerprint density at radius 1 is 1.04 bits per heavy atom. The van der Waals surface area contributed by atoms with Gasteiger partial charge >= 0.3 is 6.03 Å². The molecule has 0 saturated heterocycles. The lowest BCUT2D eigenvalue weighted by atomic mass is 10.1. The van der Waals surface area contributed by atoms with Crippen LogP contribution in [0.1, 0.15) is 11.1 Å². The molecule has 1 aromatic heterocycles. The average molecular weight is 335 g/mol. The summed E-state index contributed by atoms with van der Waals surface area (Å²) in [5, 5.41) is 16.2. The lowest BCUT2D eigenvalue weighted by molar-refractivity contribution is 0.215. The van der Waals surface area contributed by atoms with Crippen molar-refractivity contribution >= 4 is 16.9 Å². The Bertz CT molecular complexity index is 831. The van der Waals surface area contributed by atoms with Crippen molar-refractivity contribution in [2.75, 3.05) is 6.61 Å². The molecule has 0 bridgehead atoms. The molecule has 2 amide bonds. The molecule has 5 heteroatoms. The molecule has 0 saturated carbocycles. The van der Waals surface area contributed by atoms with Crippen molar-refractivity contribution < 1.29 is 9.90 Å². The molecule has 128 valence electrons. The summed E-state index contributed by atoms with van der Waals surface area (Å²) >= 11 is 0. The highest BCUT2D eigenvalue weighted by Crippen LogP contribution is 2.15. The SMILES string of the molecule is O=C(NCc1cccc2cccnc12)NC(CO)Cc1ccccc1. The first kappa shape index (κ1) is 16.9. The van der Waals surface area contributed by atoms with E-state index in [1.165, 1.54) is 0 Å². The molecule has 25 heavy (non-hydrogen) atoms. The van der Waals surface area contributed by atoms with Gasteiger partial charge in [0.1, 0.15) is 0 Å². The molecule has 2 aromatic carbocycles. The summed E-state index contributed by atoms with van der Waals surface area (Å²) in [6, 6.07) is 18.9. The van der Waals surface area contributed by atoms with Crippen LogP contribution in [0.4, 0.5) is 4.79 Å². The largest absolute Gasteiger partial charge is 0.394 e. The first-order valence-electron chi connectivity index (χ1n) is 8.28. The Morgan fingerprint density at radius 3 is 2.64 bits per heavy atom. The Balaban J connectivity index is 1.58. The van der Waals surface area contributed by atoms with Gasteiger partial charge in [0.2, 0.25) is 0 Å². The number of benzene rings is 2. The summed E-state index contributed by atoms with van der Waals surface area (Å²) in [5.41, 5.74) is 2.91. The zero-order chi connectivity index (χ0) is 17.5. The molecule has 0 aliphatic carbocycles. The zero-order valence-electron chi connectivity index (χ0n) is 13.9. The molecule has 0 fully saturated rings. The number of aliphatic hydroxyl groups excluding tert-OH is 1. The number of para-hydroxylation sites is 1. The van der Waals surface area contributed by atoms with Crippen molar-refractivity contribution in [1.29, 1.82) is 0 Å². The topological polar surface area (TPSA) is 74.2 Å². The van der Waals surface area contributed by atoms with Gasteiger partial charge in [0.15, 0.2) is 0 Å². The molecule has 1 atom stereocenters. The Kier molecular flexibility index (Phi) is 5.59. The van der Waals surface area contributed by atoms with E-state index < -0.39 is 0 Å². The van der Waals surface area contributed by atoms with Crippen LogP contribution in [0.5, 0.6) is 0 Å². The smallest absolute Gasteiger partial charge is 0.315 e. The van der Waals surface area contributed by atoms with E-state index in [-0.39, 0.29) is 18.7 Å². The molecular formula is C20H21N3O2. The second-order valence-electron chi connectivity index (χ2n) is 5.89. The van der Waals surface area contributed by atoms with Gasteiger partial charge in [-0.05, 0) is 23.6 Å². The van der Waals surface area contributed by atoms with Crippen LogP contribution in [0, 0.1) is 0 Å². The molecule has 0 spiro atoms. The highest BCUT2D eigenvalue weighted by Gasteiger charge is 2.12. The third-order valence-corrected chi connectivity index (χ3v) is 4.04. The van der Waals surface area contributed by atoms with E-state index in [0.717, 1.165) is 22.0 Å². The van der Waals surface area contributed by atoms with Crippen LogP contribution >= 0.6 is 0 Å². The van der Waals surface area contributed by atoms with E-state index in [4.69, 9.17) is 0 Å². The summed E-state index contributed by atoms with van der Waals surface area (Å²) in [4.78, 5) is 16.5. The number of carbonyl (C=O) groups is 1. The third-order valence-electron chi connectivity index (χ3n) is 4.04. The number of urea groups is 1. The first-order chi connectivity index (χ1) is 12.3. The fourth-order valence-electron chi connectivity index (χ4n) is 2.78. The minimum absolute atomic E-state index is 0.113. The van der Waals surface area contributed by atoms with Gasteiger partial charge in [0, 0.05) is 18.1 Å². The Labute approximate surface area is 146 Å². The maximum Gasteiger partial charge on any atom is 0.315 e. The summed E-state index contributed by atoms with van der Waals surface area (Å²) in [6.45, 7) is 0.266.